The van der Waals surface area contributed by atoms with Gasteiger partial charge in [0.2, 0.25) is 0 Å². The quantitative estimate of drug-likeness (QED) is 0.896. The third-order valence-electron chi connectivity index (χ3n) is 4.52. The lowest BCUT2D eigenvalue weighted by atomic mass is 9.91. The van der Waals surface area contributed by atoms with E-state index in [0.29, 0.717) is 11.6 Å². The fourth-order valence-electron chi connectivity index (χ4n) is 3.08. The molecular formula is C18H26N4O2. The summed E-state index contributed by atoms with van der Waals surface area (Å²) in [7, 11) is 0. The molecule has 2 aromatic rings. The molecule has 1 N–H and O–H groups in total. The van der Waals surface area contributed by atoms with Crippen molar-refractivity contribution in [2.24, 2.45) is 5.92 Å². The maximum atomic E-state index is 12.8. The zero-order valence-electron chi connectivity index (χ0n) is 14.8. The van der Waals surface area contributed by atoms with Crippen molar-refractivity contribution >= 4 is 11.7 Å². The summed E-state index contributed by atoms with van der Waals surface area (Å²) < 4.78 is 7.41. The van der Waals surface area contributed by atoms with E-state index in [4.69, 9.17) is 4.42 Å². The molecule has 2 atom stereocenters. The summed E-state index contributed by atoms with van der Waals surface area (Å²) in [5, 5.41) is 7.30. The average molecular weight is 330 g/mol. The van der Waals surface area contributed by atoms with Crippen LogP contribution in [0.5, 0.6) is 0 Å². The van der Waals surface area contributed by atoms with Crippen LogP contribution in [0.3, 0.4) is 0 Å². The monoisotopic (exact) mass is 330 g/mol. The second-order valence-corrected chi connectivity index (χ2v) is 7.63. The normalized spacial score (nSPS) is 21.8. The Bertz CT molecular complexity index is 684. The summed E-state index contributed by atoms with van der Waals surface area (Å²) in [5.41, 5.74) is 0.604. The molecule has 1 saturated heterocycles. The highest BCUT2D eigenvalue weighted by atomic mass is 16.3. The first-order chi connectivity index (χ1) is 11.3. The molecule has 2 amide bonds. The third-order valence-corrected chi connectivity index (χ3v) is 4.52. The number of urea groups is 1. The van der Waals surface area contributed by atoms with Gasteiger partial charge < -0.3 is 14.6 Å². The van der Waals surface area contributed by atoms with Gasteiger partial charge in [-0.25, -0.2) is 4.79 Å². The smallest absolute Gasteiger partial charge is 0.322 e. The Morgan fingerprint density at radius 3 is 2.83 bits per heavy atom. The van der Waals surface area contributed by atoms with Crippen molar-refractivity contribution in [3.63, 3.8) is 0 Å². The highest BCUT2D eigenvalue weighted by Crippen LogP contribution is 2.34. The lowest BCUT2D eigenvalue weighted by Gasteiger charge is -2.37. The maximum Gasteiger partial charge on any atom is 0.322 e. The number of furan rings is 1. The second kappa shape index (κ2) is 6.34. The van der Waals surface area contributed by atoms with Gasteiger partial charge in [0.05, 0.1) is 29.7 Å². The second-order valence-electron chi connectivity index (χ2n) is 7.63. The highest BCUT2D eigenvalue weighted by Gasteiger charge is 2.33. The Labute approximate surface area is 142 Å². The predicted molar refractivity (Wildman–Crippen MR) is 92.8 cm³/mol. The van der Waals surface area contributed by atoms with E-state index < -0.39 is 0 Å². The number of hydrogen-bond acceptors (Lipinski definition) is 3. The SMILES string of the molecule is C[C@@H]1CCN(C(=O)Nc2cnn(C(C)(C)C)c2)[C@@H](c2ccco2)C1. The summed E-state index contributed by atoms with van der Waals surface area (Å²) >= 11 is 0. The van der Waals surface area contributed by atoms with Gasteiger partial charge in [0, 0.05) is 12.7 Å². The highest BCUT2D eigenvalue weighted by molar-refractivity contribution is 5.89. The minimum atomic E-state index is -0.111. The zero-order valence-corrected chi connectivity index (χ0v) is 14.8. The number of aromatic nitrogens is 2. The average Bonchev–Trinajstić information content (AvgIpc) is 3.17. The number of nitrogens with one attached hydrogen (secondary N) is 1. The van der Waals surface area contributed by atoms with Crippen LogP contribution in [-0.4, -0.2) is 27.3 Å². The molecule has 3 rings (SSSR count). The van der Waals surface area contributed by atoms with Gasteiger partial charge in [-0.15, -0.1) is 0 Å². The molecule has 3 heterocycles. The van der Waals surface area contributed by atoms with Gasteiger partial charge in [0.25, 0.3) is 0 Å². The first-order valence-corrected chi connectivity index (χ1v) is 8.51. The number of carbonyl (C=O) groups excluding carboxylic acids is 1. The molecule has 130 valence electrons. The van der Waals surface area contributed by atoms with E-state index in [9.17, 15) is 4.79 Å². The van der Waals surface area contributed by atoms with Crippen LogP contribution in [-0.2, 0) is 5.54 Å². The Morgan fingerprint density at radius 2 is 2.21 bits per heavy atom. The van der Waals surface area contributed by atoms with Crippen molar-refractivity contribution in [2.75, 3.05) is 11.9 Å². The number of hydrogen-bond donors (Lipinski definition) is 1. The zero-order chi connectivity index (χ0) is 17.3. The molecule has 0 bridgehead atoms. The number of amides is 2. The standard InChI is InChI=1S/C18H26N4O2/c1-13-7-8-21(15(10-13)16-6-5-9-24-16)17(23)20-14-11-19-22(12-14)18(2,3)4/h5-6,9,11-13,15H,7-8,10H2,1-4H3,(H,20,23)/t13-,15-/m1/s1. The molecule has 1 aliphatic heterocycles. The van der Waals surface area contributed by atoms with Gasteiger partial charge in [-0.05, 0) is 51.7 Å². The van der Waals surface area contributed by atoms with Crippen LogP contribution in [0.4, 0.5) is 10.5 Å². The molecule has 6 nitrogen and oxygen atoms in total. The molecule has 0 spiro atoms. The van der Waals surface area contributed by atoms with Crippen molar-refractivity contribution in [3.8, 4) is 0 Å². The first kappa shape index (κ1) is 16.6. The number of nitrogens with zero attached hydrogens (tertiary/aromatic N) is 3. The lowest BCUT2D eigenvalue weighted by molar-refractivity contribution is 0.129. The van der Waals surface area contributed by atoms with Crippen LogP contribution in [0.2, 0.25) is 0 Å². The van der Waals surface area contributed by atoms with Crippen molar-refractivity contribution in [1.29, 1.82) is 0 Å². The molecule has 2 aromatic heterocycles. The van der Waals surface area contributed by atoms with Crippen molar-refractivity contribution in [3.05, 3.63) is 36.5 Å². The van der Waals surface area contributed by atoms with E-state index in [1.165, 1.54) is 0 Å². The summed E-state index contributed by atoms with van der Waals surface area (Å²) in [4.78, 5) is 14.6. The number of anilines is 1. The van der Waals surface area contributed by atoms with Gasteiger partial charge in [-0.3, -0.25) is 4.68 Å². The molecule has 0 unspecified atom stereocenters. The largest absolute Gasteiger partial charge is 0.467 e. The van der Waals surface area contributed by atoms with Crippen molar-refractivity contribution < 1.29 is 9.21 Å². The molecule has 0 aliphatic carbocycles. The van der Waals surface area contributed by atoms with E-state index >= 15 is 0 Å². The summed E-state index contributed by atoms with van der Waals surface area (Å²) in [5.74, 6) is 1.43. The molecule has 6 heteroatoms. The summed E-state index contributed by atoms with van der Waals surface area (Å²) in [6.45, 7) is 9.17. The van der Waals surface area contributed by atoms with E-state index in [0.717, 1.165) is 25.1 Å². The van der Waals surface area contributed by atoms with Crippen LogP contribution in [0, 0.1) is 5.92 Å². The van der Waals surface area contributed by atoms with Crippen molar-refractivity contribution in [2.45, 2.75) is 52.1 Å². The minimum Gasteiger partial charge on any atom is -0.467 e. The molecule has 0 radical (unpaired) electrons. The van der Waals surface area contributed by atoms with Crippen LogP contribution < -0.4 is 5.32 Å². The van der Waals surface area contributed by atoms with E-state index in [1.54, 1.807) is 12.5 Å². The van der Waals surface area contributed by atoms with Gasteiger partial charge >= 0.3 is 6.03 Å². The summed E-state index contributed by atoms with van der Waals surface area (Å²) in [6.07, 6.45) is 7.15. The first-order valence-electron chi connectivity index (χ1n) is 8.51. The molecule has 1 aliphatic rings. The number of likely N-dealkylation sites (tertiary alicyclic amines) is 1. The van der Waals surface area contributed by atoms with Gasteiger partial charge in [-0.1, -0.05) is 6.92 Å². The summed E-state index contributed by atoms with van der Waals surface area (Å²) in [6, 6.07) is 3.71. The van der Waals surface area contributed by atoms with Gasteiger partial charge in [0.15, 0.2) is 0 Å². The number of rotatable bonds is 2. The number of carbonyl (C=O) groups is 1. The Kier molecular flexibility index (Phi) is 4.39. The predicted octanol–water partition coefficient (Wildman–Crippen LogP) is 4.24. The fourth-order valence-corrected chi connectivity index (χ4v) is 3.08. The van der Waals surface area contributed by atoms with Crippen LogP contribution in [0.25, 0.3) is 0 Å². The number of piperidine rings is 1. The van der Waals surface area contributed by atoms with E-state index in [2.05, 4.69) is 38.1 Å². The Morgan fingerprint density at radius 1 is 1.42 bits per heavy atom. The molecular weight excluding hydrogens is 304 g/mol. The van der Waals surface area contributed by atoms with Crippen LogP contribution in [0.15, 0.2) is 35.2 Å². The Balaban J connectivity index is 1.74. The van der Waals surface area contributed by atoms with Crippen LogP contribution in [0.1, 0.15) is 52.3 Å². The minimum absolute atomic E-state index is 0.0126. The Hall–Kier alpha value is -2.24. The van der Waals surface area contributed by atoms with Gasteiger partial charge in [-0.2, -0.15) is 5.10 Å². The molecule has 1 fully saturated rings. The maximum absolute atomic E-state index is 12.8. The van der Waals surface area contributed by atoms with E-state index in [1.807, 2.05) is 27.9 Å². The topological polar surface area (TPSA) is 63.3 Å². The van der Waals surface area contributed by atoms with Crippen molar-refractivity contribution in [1.82, 2.24) is 14.7 Å². The third kappa shape index (κ3) is 3.47. The molecule has 24 heavy (non-hydrogen) atoms. The molecule has 0 aromatic carbocycles. The van der Waals surface area contributed by atoms with E-state index in [-0.39, 0.29) is 17.6 Å². The lowest BCUT2D eigenvalue weighted by Crippen LogP contribution is -2.42. The van der Waals surface area contributed by atoms with Gasteiger partial charge in [0.1, 0.15) is 5.76 Å². The van der Waals surface area contributed by atoms with Crippen LogP contribution >= 0.6 is 0 Å². The molecule has 0 saturated carbocycles. The fraction of sp³-hybridized carbons (Fsp3) is 0.556.